The van der Waals surface area contributed by atoms with E-state index >= 15 is 0 Å². The fourth-order valence-electron chi connectivity index (χ4n) is 0.996. The Morgan fingerprint density at radius 1 is 1.33 bits per heavy atom. The number of hydrogen-bond donors (Lipinski definition) is 4. The zero-order chi connectivity index (χ0) is 6.69. The van der Waals surface area contributed by atoms with E-state index in [-0.39, 0.29) is 12.2 Å². The van der Waals surface area contributed by atoms with Crippen molar-refractivity contribution >= 4 is 0 Å². The van der Waals surface area contributed by atoms with Crippen molar-refractivity contribution in [3.05, 3.63) is 0 Å². The van der Waals surface area contributed by atoms with Crippen molar-refractivity contribution in [1.29, 1.82) is 0 Å². The molecule has 0 radical (unpaired) electrons. The van der Waals surface area contributed by atoms with Gasteiger partial charge in [0.2, 0.25) is 0 Å². The molecule has 4 nitrogen and oxygen atoms in total. The first-order valence-corrected chi connectivity index (χ1v) is 3.27. The highest BCUT2D eigenvalue weighted by Crippen LogP contribution is 1.87. The molecule has 1 saturated heterocycles. The highest BCUT2D eigenvalue weighted by molar-refractivity contribution is 4.82. The van der Waals surface area contributed by atoms with Crippen LogP contribution in [0.5, 0.6) is 0 Å². The minimum absolute atomic E-state index is 0.0312. The van der Waals surface area contributed by atoms with Crippen LogP contribution < -0.4 is 22.1 Å². The van der Waals surface area contributed by atoms with Crippen molar-refractivity contribution in [2.75, 3.05) is 19.6 Å². The molecule has 0 aromatic heterocycles. The maximum Gasteiger partial charge on any atom is 0.0717 e. The number of rotatable bonds is 1. The molecule has 0 bridgehead atoms. The van der Waals surface area contributed by atoms with Crippen LogP contribution >= 0.6 is 0 Å². The molecule has 0 spiro atoms. The lowest BCUT2D eigenvalue weighted by molar-refractivity contribution is 0.332. The predicted molar refractivity (Wildman–Crippen MR) is 36.8 cm³/mol. The average Bonchev–Trinajstić information content (AvgIpc) is 1.89. The Hall–Kier alpha value is -0.160. The van der Waals surface area contributed by atoms with Gasteiger partial charge in [0.05, 0.1) is 6.17 Å². The van der Waals surface area contributed by atoms with Gasteiger partial charge in [-0.1, -0.05) is 0 Å². The molecule has 1 rings (SSSR count). The van der Waals surface area contributed by atoms with E-state index in [9.17, 15) is 0 Å². The molecule has 1 heterocycles. The van der Waals surface area contributed by atoms with Gasteiger partial charge in [-0.05, 0) is 0 Å². The van der Waals surface area contributed by atoms with Gasteiger partial charge >= 0.3 is 0 Å². The summed E-state index contributed by atoms with van der Waals surface area (Å²) < 4.78 is 0. The average molecular weight is 130 g/mol. The highest BCUT2D eigenvalue weighted by Gasteiger charge is 2.17. The normalized spacial score (nSPS) is 36.7. The summed E-state index contributed by atoms with van der Waals surface area (Å²) >= 11 is 0. The molecule has 2 unspecified atom stereocenters. The van der Waals surface area contributed by atoms with E-state index < -0.39 is 0 Å². The molecule has 54 valence electrons. The molecule has 1 aliphatic heterocycles. The first-order valence-electron chi connectivity index (χ1n) is 3.27. The van der Waals surface area contributed by atoms with Gasteiger partial charge in [0, 0.05) is 25.7 Å². The molecule has 2 atom stereocenters. The van der Waals surface area contributed by atoms with Crippen LogP contribution in [0.3, 0.4) is 0 Å². The van der Waals surface area contributed by atoms with Crippen LogP contribution in [0.2, 0.25) is 0 Å². The molecular weight excluding hydrogens is 116 g/mol. The Labute approximate surface area is 55.0 Å². The summed E-state index contributed by atoms with van der Waals surface area (Å²) in [6, 6.07) is 0.249. The van der Waals surface area contributed by atoms with Crippen LogP contribution in [0, 0.1) is 0 Å². The molecule has 9 heavy (non-hydrogen) atoms. The second kappa shape index (κ2) is 3.12. The lowest BCUT2D eigenvalue weighted by Gasteiger charge is -2.29. The molecule has 1 fully saturated rings. The number of nitrogens with one attached hydrogen (secondary N) is 2. The van der Waals surface area contributed by atoms with E-state index in [0.29, 0.717) is 6.54 Å². The molecule has 0 aromatic rings. The number of nitrogens with two attached hydrogens (primary N) is 2. The first kappa shape index (κ1) is 6.95. The van der Waals surface area contributed by atoms with E-state index in [0.717, 1.165) is 13.1 Å². The van der Waals surface area contributed by atoms with Crippen LogP contribution in [-0.2, 0) is 0 Å². The Morgan fingerprint density at radius 3 is 2.44 bits per heavy atom. The monoisotopic (exact) mass is 130 g/mol. The van der Waals surface area contributed by atoms with Gasteiger partial charge in [-0.25, -0.2) is 0 Å². The summed E-state index contributed by atoms with van der Waals surface area (Å²) in [6.07, 6.45) is 0.0312. The Kier molecular flexibility index (Phi) is 2.41. The van der Waals surface area contributed by atoms with E-state index in [1.165, 1.54) is 0 Å². The Bertz CT molecular complexity index is 85.0. The first-order chi connectivity index (χ1) is 4.34. The molecule has 4 heteroatoms. The summed E-state index contributed by atoms with van der Waals surface area (Å²) in [6.45, 7) is 2.52. The summed E-state index contributed by atoms with van der Waals surface area (Å²) in [4.78, 5) is 0. The second-order valence-corrected chi connectivity index (χ2v) is 2.28. The van der Waals surface area contributed by atoms with Crippen LogP contribution in [0.1, 0.15) is 0 Å². The van der Waals surface area contributed by atoms with Gasteiger partial charge < -0.3 is 16.8 Å². The van der Waals surface area contributed by atoms with Gasteiger partial charge in [-0.2, -0.15) is 0 Å². The largest absolute Gasteiger partial charge is 0.329 e. The number of hydrogen-bond acceptors (Lipinski definition) is 4. The van der Waals surface area contributed by atoms with Crippen molar-refractivity contribution in [2.24, 2.45) is 11.5 Å². The minimum atomic E-state index is 0.0312. The summed E-state index contributed by atoms with van der Waals surface area (Å²) in [5.74, 6) is 0. The molecular formula is C5H14N4. The third-order valence-electron chi connectivity index (χ3n) is 1.60. The van der Waals surface area contributed by atoms with Gasteiger partial charge in [-0.15, -0.1) is 0 Å². The smallest absolute Gasteiger partial charge is 0.0717 e. The van der Waals surface area contributed by atoms with Crippen molar-refractivity contribution in [3.8, 4) is 0 Å². The predicted octanol–water partition coefficient (Wildman–Crippen LogP) is -2.21. The fourth-order valence-corrected chi connectivity index (χ4v) is 0.996. The second-order valence-electron chi connectivity index (χ2n) is 2.28. The third-order valence-corrected chi connectivity index (χ3v) is 1.60. The molecule has 1 aliphatic rings. The van der Waals surface area contributed by atoms with Crippen molar-refractivity contribution in [3.63, 3.8) is 0 Å². The van der Waals surface area contributed by atoms with Gasteiger partial charge in [0.25, 0.3) is 0 Å². The molecule has 0 saturated carbocycles. The SMILES string of the molecule is NCC1NCCNC1N. The van der Waals surface area contributed by atoms with E-state index in [1.54, 1.807) is 0 Å². The van der Waals surface area contributed by atoms with Crippen LogP contribution in [0.25, 0.3) is 0 Å². The van der Waals surface area contributed by atoms with Crippen molar-refractivity contribution in [2.45, 2.75) is 12.2 Å². The fraction of sp³-hybridized carbons (Fsp3) is 1.00. The quantitative estimate of drug-likeness (QED) is 0.325. The zero-order valence-electron chi connectivity index (χ0n) is 5.43. The van der Waals surface area contributed by atoms with Crippen molar-refractivity contribution < 1.29 is 0 Å². The zero-order valence-corrected chi connectivity index (χ0v) is 5.43. The molecule has 0 aliphatic carbocycles. The maximum atomic E-state index is 5.64. The van der Waals surface area contributed by atoms with Crippen LogP contribution in [0.15, 0.2) is 0 Å². The Morgan fingerprint density at radius 2 is 2.00 bits per heavy atom. The molecule has 6 N–H and O–H groups in total. The maximum absolute atomic E-state index is 5.64. The molecule has 0 aromatic carbocycles. The van der Waals surface area contributed by atoms with Gasteiger partial charge in [-0.3, -0.25) is 5.32 Å². The lowest BCUT2D eigenvalue weighted by Crippen LogP contribution is -2.62. The van der Waals surface area contributed by atoms with E-state index in [2.05, 4.69) is 10.6 Å². The summed E-state index contributed by atoms with van der Waals surface area (Å²) in [5, 5.41) is 6.32. The van der Waals surface area contributed by atoms with E-state index in [1.807, 2.05) is 0 Å². The standard InChI is InChI=1S/C5H14N4/c6-3-4-5(7)9-2-1-8-4/h4-5,8-9H,1-3,6-7H2. The highest BCUT2D eigenvalue weighted by atomic mass is 15.2. The molecule has 0 amide bonds. The van der Waals surface area contributed by atoms with Crippen LogP contribution in [0.4, 0.5) is 0 Å². The minimum Gasteiger partial charge on any atom is -0.329 e. The van der Waals surface area contributed by atoms with E-state index in [4.69, 9.17) is 11.5 Å². The lowest BCUT2D eigenvalue weighted by atomic mass is 10.2. The summed E-state index contributed by atoms with van der Waals surface area (Å²) in [5.41, 5.74) is 11.0. The Balaban J connectivity index is 2.30. The van der Waals surface area contributed by atoms with Crippen molar-refractivity contribution in [1.82, 2.24) is 10.6 Å². The number of piperazine rings is 1. The van der Waals surface area contributed by atoms with Gasteiger partial charge in [0.15, 0.2) is 0 Å². The third kappa shape index (κ3) is 1.62. The van der Waals surface area contributed by atoms with Crippen LogP contribution in [-0.4, -0.2) is 31.8 Å². The topological polar surface area (TPSA) is 76.1 Å². The van der Waals surface area contributed by atoms with Gasteiger partial charge in [0.1, 0.15) is 0 Å². The summed E-state index contributed by atoms with van der Waals surface area (Å²) in [7, 11) is 0.